The number of carboxylic acids is 1. The molecule has 1 aromatic carbocycles. The largest absolute Gasteiger partial charge is 0.478 e. The highest BCUT2D eigenvalue weighted by Crippen LogP contribution is 2.38. The van der Waals surface area contributed by atoms with Crippen LogP contribution < -0.4 is 5.32 Å². The van der Waals surface area contributed by atoms with Crippen LogP contribution in [0.15, 0.2) is 30.6 Å². The number of hydrogen-bond acceptors (Lipinski definition) is 4. The van der Waals surface area contributed by atoms with Gasteiger partial charge in [-0.1, -0.05) is 12.1 Å². The van der Waals surface area contributed by atoms with Crippen LogP contribution >= 0.6 is 0 Å². The molecule has 0 unspecified atom stereocenters. The number of carboxylic acid groups (broad SMARTS) is 1. The molecule has 4 rings (SSSR count). The molecule has 126 valence electrons. The molecule has 1 aliphatic rings. The van der Waals surface area contributed by atoms with Crippen LogP contribution in [0.25, 0.3) is 16.5 Å². The molecule has 0 saturated heterocycles. The molecule has 0 bridgehead atoms. The number of carbonyl (C=O) groups excluding carboxylic acids is 1. The summed E-state index contributed by atoms with van der Waals surface area (Å²) >= 11 is 0. The first-order valence-corrected chi connectivity index (χ1v) is 6.91. The number of carbonyl (C=O) groups is 2. The molecule has 0 radical (unpaired) electrons. The fraction of sp³-hybridized carbons (Fsp3) is 0.0667. The van der Waals surface area contributed by atoms with E-state index in [4.69, 9.17) is 5.11 Å². The maximum absolute atomic E-state index is 13.4. The molecule has 10 heteroatoms. The number of pyridine rings is 1. The standard InChI is InChI=1S/C15H7F3N4O3/c16-15(17,18)12-7(14(24)25)4-20-22(12)9-5-19-11-10-6(9)2-1-3-8(10)21-13(11)23/h1-5H,(H,21,23)(H,24,25). The molecule has 1 aliphatic heterocycles. The molecule has 3 heterocycles. The Morgan fingerprint density at radius 2 is 2.00 bits per heavy atom. The third-order valence-electron chi connectivity index (χ3n) is 3.85. The van der Waals surface area contributed by atoms with Gasteiger partial charge >= 0.3 is 12.1 Å². The monoisotopic (exact) mass is 348 g/mol. The summed E-state index contributed by atoms with van der Waals surface area (Å²) in [5, 5.41) is 15.8. The second-order valence-electron chi connectivity index (χ2n) is 5.30. The van der Waals surface area contributed by atoms with E-state index in [-0.39, 0.29) is 11.4 Å². The van der Waals surface area contributed by atoms with Gasteiger partial charge in [0.2, 0.25) is 0 Å². The summed E-state index contributed by atoms with van der Waals surface area (Å²) in [7, 11) is 0. The highest BCUT2D eigenvalue weighted by atomic mass is 19.4. The number of nitrogens with zero attached hydrogens (tertiary/aromatic N) is 3. The summed E-state index contributed by atoms with van der Waals surface area (Å²) in [6.07, 6.45) is -3.24. The maximum atomic E-state index is 13.4. The van der Waals surface area contributed by atoms with Crippen molar-refractivity contribution < 1.29 is 27.9 Å². The molecule has 3 aromatic rings. The zero-order chi connectivity index (χ0) is 17.9. The molecule has 25 heavy (non-hydrogen) atoms. The number of hydrogen-bond donors (Lipinski definition) is 2. The Bertz CT molecular complexity index is 1070. The van der Waals surface area contributed by atoms with E-state index in [9.17, 15) is 22.8 Å². The number of benzene rings is 1. The Balaban J connectivity index is 2.07. The van der Waals surface area contributed by atoms with E-state index in [1.54, 1.807) is 12.1 Å². The highest BCUT2D eigenvalue weighted by Gasteiger charge is 2.41. The Hall–Kier alpha value is -3.43. The minimum atomic E-state index is -4.94. The van der Waals surface area contributed by atoms with Gasteiger partial charge in [-0.15, -0.1) is 0 Å². The third kappa shape index (κ3) is 2.07. The fourth-order valence-corrected chi connectivity index (χ4v) is 2.87. The van der Waals surface area contributed by atoms with Crippen LogP contribution in [-0.2, 0) is 6.18 Å². The second-order valence-corrected chi connectivity index (χ2v) is 5.30. The molecule has 1 amide bonds. The lowest BCUT2D eigenvalue weighted by molar-refractivity contribution is -0.143. The average molecular weight is 348 g/mol. The summed E-state index contributed by atoms with van der Waals surface area (Å²) in [4.78, 5) is 26.9. The van der Waals surface area contributed by atoms with E-state index < -0.39 is 29.3 Å². The Labute approximate surface area is 136 Å². The number of aromatic carboxylic acids is 1. The Kier molecular flexibility index (Phi) is 2.89. The molecule has 0 atom stereocenters. The summed E-state index contributed by atoms with van der Waals surface area (Å²) in [5.41, 5.74) is -1.94. The first-order chi connectivity index (χ1) is 11.8. The lowest BCUT2D eigenvalue weighted by atomic mass is 10.1. The predicted molar refractivity (Wildman–Crippen MR) is 78.8 cm³/mol. The van der Waals surface area contributed by atoms with Crippen LogP contribution in [-0.4, -0.2) is 31.7 Å². The third-order valence-corrected chi connectivity index (χ3v) is 3.85. The van der Waals surface area contributed by atoms with Gasteiger partial charge in [-0.2, -0.15) is 18.3 Å². The zero-order valence-electron chi connectivity index (χ0n) is 12.1. The zero-order valence-corrected chi connectivity index (χ0v) is 12.1. The SMILES string of the molecule is O=C(O)c1cnn(-c2cnc3c4c(cccc24)NC3=O)c1C(F)(F)F. The first-order valence-electron chi connectivity index (χ1n) is 6.91. The fourth-order valence-electron chi connectivity index (χ4n) is 2.87. The van der Waals surface area contributed by atoms with Crippen LogP contribution in [0.4, 0.5) is 18.9 Å². The predicted octanol–water partition coefficient (Wildman–Crippen LogP) is 2.70. The summed E-state index contributed by atoms with van der Waals surface area (Å²) in [6, 6.07) is 4.67. The quantitative estimate of drug-likeness (QED) is 0.742. The number of alkyl halides is 3. The molecule has 2 N–H and O–H groups in total. The van der Waals surface area contributed by atoms with Crippen molar-refractivity contribution in [2.45, 2.75) is 6.18 Å². The summed E-state index contributed by atoms with van der Waals surface area (Å²) in [6.45, 7) is 0. The molecule has 2 aromatic heterocycles. The van der Waals surface area contributed by atoms with Gasteiger partial charge in [0.15, 0.2) is 5.69 Å². The summed E-state index contributed by atoms with van der Waals surface area (Å²) < 4.78 is 40.7. The van der Waals surface area contributed by atoms with E-state index >= 15 is 0 Å². The van der Waals surface area contributed by atoms with Gasteiger partial charge in [-0.3, -0.25) is 4.79 Å². The topological polar surface area (TPSA) is 97.1 Å². The number of halogens is 3. The smallest absolute Gasteiger partial charge is 0.434 e. The number of anilines is 1. The van der Waals surface area contributed by atoms with E-state index in [0.717, 1.165) is 6.20 Å². The van der Waals surface area contributed by atoms with Gasteiger partial charge < -0.3 is 10.4 Å². The normalized spacial score (nSPS) is 13.3. The van der Waals surface area contributed by atoms with Gasteiger partial charge in [0.05, 0.1) is 23.8 Å². The van der Waals surface area contributed by atoms with Gasteiger partial charge in [0.25, 0.3) is 5.91 Å². The number of nitrogens with one attached hydrogen (secondary N) is 1. The van der Waals surface area contributed by atoms with Crippen molar-refractivity contribution in [1.82, 2.24) is 14.8 Å². The highest BCUT2D eigenvalue weighted by molar-refractivity contribution is 6.23. The number of amides is 1. The van der Waals surface area contributed by atoms with E-state index in [2.05, 4.69) is 15.4 Å². The summed E-state index contributed by atoms with van der Waals surface area (Å²) in [5.74, 6) is -2.20. The van der Waals surface area contributed by atoms with Crippen LogP contribution in [0.2, 0.25) is 0 Å². The van der Waals surface area contributed by atoms with Crippen molar-refractivity contribution in [3.8, 4) is 5.69 Å². The molecule has 0 aliphatic carbocycles. The van der Waals surface area contributed by atoms with Crippen LogP contribution in [0.5, 0.6) is 0 Å². The van der Waals surface area contributed by atoms with Gasteiger partial charge in [-0.25, -0.2) is 14.5 Å². The van der Waals surface area contributed by atoms with E-state index in [0.29, 0.717) is 27.3 Å². The molecule has 7 nitrogen and oxygen atoms in total. The van der Waals surface area contributed by atoms with E-state index in [1.165, 1.54) is 6.07 Å². The van der Waals surface area contributed by atoms with Crippen molar-refractivity contribution in [1.29, 1.82) is 0 Å². The lowest BCUT2D eigenvalue weighted by Gasteiger charge is -2.13. The Morgan fingerprint density at radius 3 is 2.68 bits per heavy atom. The van der Waals surface area contributed by atoms with Crippen molar-refractivity contribution in [3.63, 3.8) is 0 Å². The van der Waals surface area contributed by atoms with Crippen LogP contribution in [0, 0.1) is 0 Å². The van der Waals surface area contributed by atoms with Crippen molar-refractivity contribution >= 4 is 28.3 Å². The molecule has 0 saturated carbocycles. The van der Waals surface area contributed by atoms with Gasteiger partial charge in [0, 0.05) is 10.8 Å². The molecular formula is C15H7F3N4O3. The first kappa shape index (κ1) is 15.1. The van der Waals surface area contributed by atoms with Gasteiger partial charge in [-0.05, 0) is 6.07 Å². The van der Waals surface area contributed by atoms with Crippen LogP contribution in [0.1, 0.15) is 26.5 Å². The van der Waals surface area contributed by atoms with Crippen molar-refractivity contribution in [2.75, 3.05) is 5.32 Å². The second kappa shape index (κ2) is 4.79. The molecule has 0 fully saturated rings. The maximum Gasteiger partial charge on any atom is 0.434 e. The average Bonchev–Trinajstić information content (AvgIpc) is 3.11. The minimum absolute atomic E-state index is 0.0723. The van der Waals surface area contributed by atoms with Gasteiger partial charge in [0.1, 0.15) is 11.3 Å². The van der Waals surface area contributed by atoms with Crippen molar-refractivity contribution in [3.05, 3.63) is 47.5 Å². The lowest BCUT2D eigenvalue weighted by Crippen LogP contribution is -2.17. The minimum Gasteiger partial charge on any atom is -0.478 e. The number of rotatable bonds is 2. The molecule has 0 spiro atoms. The molecular weight excluding hydrogens is 341 g/mol. The van der Waals surface area contributed by atoms with Crippen LogP contribution in [0.3, 0.4) is 0 Å². The Morgan fingerprint density at radius 1 is 1.24 bits per heavy atom. The number of aromatic nitrogens is 3. The van der Waals surface area contributed by atoms with E-state index in [1.807, 2.05) is 0 Å². The van der Waals surface area contributed by atoms with Crippen molar-refractivity contribution in [2.24, 2.45) is 0 Å².